The van der Waals surface area contributed by atoms with Crippen LogP contribution in [0, 0.1) is 0 Å². The molecular formula is C9H14S. The van der Waals surface area contributed by atoms with Gasteiger partial charge in [-0.3, -0.25) is 0 Å². The van der Waals surface area contributed by atoms with E-state index in [9.17, 15) is 0 Å². The Labute approximate surface area is 66.9 Å². The van der Waals surface area contributed by atoms with E-state index in [1.807, 2.05) is 11.3 Å². The van der Waals surface area contributed by atoms with E-state index < -0.39 is 0 Å². The second kappa shape index (κ2) is 3.77. The highest BCUT2D eigenvalue weighted by Crippen LogP contribution is 2.16. The predicted octanol–water partition coefficient (Wildman–Crippen LogP) is 3.26. The summed E-state index contributed by atoms with van der Waals surface area (Å²) in [6.45, 7) is 4.43. The van der Waals surface area contributed by atoms with Gasteiger partial charge in [0.05, 0.1) is 0 Å². The van der Waals surface area contributed by atoms with Crippen molar-refractivity contribution in [2.45, 2.75) is 33.1 Å². The highest BCUT2D eigenvalue weighted by molar-refractivity contribution is 7.10. The molecule has 0 fully saturated rings. The van der Waals surface area contributed by atoms with Gasteiger partial charge in [0.15, 0.2) is 0 Å². The topological polar surface area (TPSA) is 0 Å². The maximum Gasteiger partial charge on any atom is 0.00479 e. The zero-order chi connectivity index (χ0) is 7.40. The lowest BCUT2D eigenvalue weighted by Crippen LogP contribution is -1.75. The van der Waals surface area contributed by atoms with E-state index >= 15 is 0 Å². The molecule has 1 rings (SSSR count). The minimum Gasteiger partial charge on any atom is -0.149 e. The van der Waals surface area contributed by atoms with Crippen molar-refractivity contribution in [3.05, 3.63) is 21.9 Å². The molecular weight excluding hydrogens is 140 g/mol. The second-order valence-electron chi connectivity index (χ2n) is 2.52. The van der Waals surface area contributed by atoms with E-state index in [-0.39, 0.29) is 0 Å². The maximum absolute atomic E-state index is 2.33. The van der Waals surface area contributed by atoms with Crippen molar-refractivity contribution in [1.82, 2.24) is 0 Å². The quantitative estimate of drug-likeness (QED) is 0.627. The number of aryl methyl sites for hydroxylation is 2. The van der Waals surface area contributed by atoms with Gasteiger partial charge in [-0.1, -0.05) is 20.3 Å². The van der Waals surface area contributed by atoms with Crippen LogP contribution in [-0.2, 0) is 12.8 Å². The highest BCUT2D eigenvalue weighted by Gasteiger charge is 1.95. The van der Waals surface area contributed by atoms with E-state index in [1.54, 1.807) is 4.88 Å². The van der Waals surface area contributed by atoms with Crippen LogP contribution in [0.25, 0.3) is 0 Å². The average molecular weight is 154 g/mol. The van der Waals surface area contributed by atoms with Crippen molar-refractivity contribution in [3.63, 3.8) is 0 Å². The van der Waals surface area contributed by atoms with Crippen LogP contribution in [0.15, 0.2) is 11.4 Å². The molecule has 0 N–H and O–H groups in total. The first-order chi connectivity index (χ1) is 4.86. The van der Waals surface area contributed by atoms with Gasteiger partial charge in [0, 0.05) is 4.88 Å². The smallest absolute Gasteiger partial charge is 0.00479 e. The molecule has 1 aromatic rings. The van der Waals surface area contributed by atoms with Crippen molar-refractivity contribution in [2.75, 3.05) is 0 Å². The van der Waals surface area contributed by atoms with Gasteiger partial charge < -0.3 is 0 Å². The van der Waals surface area contributed by atoms with E-state index in [0.717, 1.165) is 0 Å². The third-order valence-corrected chi connectivity index (χ3v) is 2.66. The first-order valence-corrected chi connectivity index (χ1v) is 4.81. The molecule has 0 spiro atoms. The predicted molar refractivity (Wildman–Crippen MR) is 47.7 cm³/mol. The molecule has 0 aromatic carbocycles. The summed E-state index contributed by atoms with van der Waals surface area (Å²) in [7, 11) is 0. The minimum absolute atomic E-state index is 1.18. The third-order valence-electron chi connectivity index (χ3n) is 1.61. The van der Waals surface area contributed by atoms with Crippen molar-refractivity contribution in [3.8, 4) is 0 Å². The molecule has 0 saturated carbocycles. The van der Waals surface area contributed by atoms with Crippen molar-refractivity contribution < 1.29 is 0 Å². The number of hydrogen-bond acceptors (Lipinski definition) is 1. The van der Waals surface area contributed by atoms with Crippen LogP contribution in [0.1, 0.15) is 30.7 Å². The van der Waals surface area contributed by atoms with Gasteiger partial charge in [-0.25, -0.2) is 0 Å². The first-order valence-electron chi connectivity index (χ1n) is 3.93. The summed E-state index contributed by atoms with van der Waals surface area (Å²) < 4.78 is 0. The van der Waals surface area contributed by atoms with Gasteiger partial charge in [-0.05, 0) is 29.9 Å². The summed E-state index contributed by atoms with van der Waals surface area (Å²) in [6, 6.07) is 2.33. The van der Waals surface area contributed by atoms with Crippen LogP contribution < -0.4 is 0 Å². The van der Waals surface area contributed by atoms with Gasteiger partial charge in [0.25, 0.3) is 0 Å². The van der Waals surface area contributed by atoms with Gasteiger partial charge in [-0.2, -0.15) is 0 Å². The van der Waals surface area contributed by atoms with Gasteiger partial charge in [-0.15, -0.1) is 11.3 Å². The molecule has 0 aliphatic rings. The lowest BCUT2D eigenvalue weighted by Gasteiger charge is -1.87. The Morgan fingerprint density at radius 1 is 1.40 bits per heavy atom. The van der Waals surface area contributed by atoms with Gasteiger partial charge in [0.1, 0.15) is 0 Å². The molecule has 0 saturated heterocycles. The zero-order valence-corrected chi connectivity index (χ0v) is 7.50. The lowest BCUT2D eigenvalue weighted by molar-refractivity contribution is 0.938. The van der Waals surface area contributed by atoms with Crippen LogP contribution in [0.5, 0.6) is 0 Å². The summed E-state index contributed by atoms with van der Waals surface area (Å²) in [5.41, 5.74) is 1.49. The van der Waals surface area contributed by atoms with Crippen molar-refractivity contribution in [1.29, 1.82) is 0 Å². The summed E-state index contributed by atoms with van der Waals surface area (Å²) >= 11 is 1.90. The Kier molecular flexibility index (Phi) is 2.94. The van der Waals surface area contributed by atoms with E-state index in [1.165, 1.54) is 24.8 Å². The summed E-state index contributed by atoms with van der Waals surface area (Å²) in [4.78, 5) is 1.54. The fraction of sp³-hybridized carbons (Fsp3) is 0.556. The summed E-state index contributed by atoms with van der Waals surface area (Å²) in [6.07, 6.45) is 3.70. The van der Waals surface area contributed by atoms with Crippen LogP contribution in [0.4, 0.5) is 0 Å². The normalized spacial score (nSPS) is 10.2. The van der Waals surface area contributed by atoms with Crippen LogP contribution in [0.3, 0.4) is 0 Å². The van der Waals surface area contributed by atoms with Crippen molar-refractivity contribution >= 4 is 11.3 Å². The Bertz CT molecular complexity index is 188. The maximum atomic E-state index is 2.33. The van der Waals surface area contributed by atoms with Crippen molar-refractivity contribution in [2.24, 2.45) is 0 Å². The molecule has 0 unspecified atom stereocenters. The van der Waals surface area contributed by atoms with Crippen LogP contribution >= 0.6 is 11.3 Å². The molecule has 0 aliphatic carbocycles. The molecule has 1 heteroatoms. The minimum atomic E-state index is 1.18. The van der Waals surface area contributed by atoms with Gasteiger partial charge >= 0.3 is 0 Å². The van der Waals surface area contributed by atoms with E-state index in [4.69, 9.17) is 0 Å². The molecule has 0 aliphatic heterocycles. The average Bonchev–Trinajstić information content (AvgIpc) is 2.37. The number of hydrogen-bond donors (Lipinski definition) is 0. The van der Waals surface area contributed by atoms with Crippen LogP contribution in [0.2, 0.25) is 0 Å². The third kappa shape index (κ3) is 1.84. The molecule has 56 valence electrons. The molecule has 0 nitrogen and oxygen atoms in total. The fourth-order valence-corrected chi connectivity index (χ4v) is 2.07. The van der Waals surface area contributed by atoms with E-state index in [0.29, 0.717) is 0 Å². The second-order valence-corrected chi connectivity index (χ2v) is 3.52. The molecule has 0 radical (unpaired) electrons. The Morgan fingerprint density at radius 3 is 2.70 bits per heavy atom. The number of thiophene rings is 1. The largest absolute Gasteiger partial charge is 0.149 e. The summed E-state index contributed by atoms with van der Waals surface area (Å²) in [5.74, 6) is 0. The first kappa shape index (κ1) is 7.80. The molecule has 10 heavy (non-hydrogen) atoms. The van der Waals surface area contributed by atoms with Crippen LogP contribution in [-0.4, -0.2) is 0 Å². The fourth-order valence-electron chi connectivity index (χ4n) is 0.989. The Balaban J connectivity index is 2.59. The standard InChI is InChI=1S/C9H14S/c1-3-5-9-6-8(4-2)7-10-9/h6-7H,3-5H2,1-2H3. The zero-order valence-electron chi connectivity index (χ0n) is 6.68. The highest BCUT2D eigenvalue weighted by atomic mass is 32.1. The molecule has 1 heterocycles. The Morgan fingerprint density at radius 2 is 2.20 bits per heavy atom. The molecule has 0 amide bonds. The number of rotatable bonds is 3. The Hall–Kier alpha value is -0.300. The molecule has 1 aromatic heterocycles. The molecule has 0 atom stereocenters. The summed E-state index contributed by atoms with van der Waals surface area (Å²) in [5, 5.41) is 2.27. The SMILES string of the molecule is CCCc1cc(CC)cs1. The monoisotopic (exact) mass is 154 g/mol. The van der Waals surface area contributed by atoms with E-state index in [2.05, 4.69) is 25.3 Å². The molecule has 0 bridgehead atoms. The lowest BCUT2D eigenvalue weighted by atomic mass is 10.2. The van der Waals surface area contributed by atoms with Gasteiger partial charge in [0.2, 0.25) is 0 Å².